The van der Waals surface area contributed by atoms with Crippen molar-refractivity contribution in [3.63, 3.8) is 0 Å². The fraction of sp³-hybridized carbons (Fsp3) is 0.391. The second-order valence-corrected chi connectivity index (χ2v) is 8.08. The number of H-pyrrole nitrogens is 2. The van der Waals surface area contributed by atoms with Crippen molar-refractivity contribution in [2.75, 3.05) is 20.2 Å². The zero-order valence-electron chi connectivity index (χ0n) is 17.6. The molecule has 0 unspecified atom stereocenters. The van der Waals surface area contributed by atoms with E-state index in [1.165, 1.54) is 0 Å². The smallest absolute Gasteiger partial charge is 0.255 e. The molecule has 0 radical (unpaired) electrons. The molecule has 8 heteroatoms. The van der Waals surface area contributed by atoms with E-state index in [0.717, 1.165) is 78.3 Å². The van der Waals surface area contributed by atoms with Gasteiger partial charge >= 0.3 is 0 Å². The molecule has 0 saturated heterocycles. The lowest BCUT2D eigenvalue weighted by molar-refractivity contribution is 0.242. The molecule has 31 heavy (non-hydrogen) atoms. The van der Waals surface area contributed by atoms with Gasteiger partial charge in [0.25, 0.3) is 5.56 Å². The molecule has 0 fully saturated rings. The third-order valence-electron chi connectivity index (χ3n) is 6.04. The Balaban J connectivity index is 1.34. The lowest BCUT2D eigenvalue weighted by atomic mass is 10.0. The number of nitrogens with zero attached hydrogens (tertiary/aromatic N) is 4. The second-order valence-electron chi connectivity index (χ2n) is 8.08. The van der Waals surface area contributed by atoms with Gasteiger partial charge in [-0.05, 0) is 43.5 Å². The van der Waals surface area contributed by atoms with Crippen molar-refractivity contribution in [3.05, 3.63) is 63.5 Å². The first-order chi connectivity index (χ1) is 15.2. The van der Waals surface area contributed by atoms with E-state index in [2.05, 4.69) is 25.1 Å². The molecular formula is C23H26N6O2. The normalized spacial score (nSPS) is 16.6. The highest BCUT2D eigenvalue weighted by molar-refractivity contribution is 5.97. The summed E-state index contributed by atoms with van der Waals surface area (Å²) in [5, 5.41) is 7.37. The maximum atomic E-state index is 12.8. The number of benzene rings is 1. The maximum absolute atomic E-state index is 12.8. The Morgan fingerprint density at radius 1 is 1.16 bits per heavy atom. The minimum absolute atomic E-state index is 0.0412. The van der Waals surface area contributed by atoms with E-state index in [0.29, 0.717) is 18.9 Å². The molecule has 0 aliphatic carbocycles. The van der Waals surface area contributed by atoms with Crippen LogP contribution in [0.1, 0.15) is 41.9 Å². The Kier molecular flexibility index (Phi) is 5.38. The molecule has 2 N–H and O–H groups in total. The molecule has 0 saturated carbocycles. The molecule has 0 amide bonds. The van der Waals surface area contributed by atoms with Gasteiger partial charge < -0.3 is 9.72 Å². The van der Waals surface area contributed by atoms with Crippen molar-refractivity contribution in [3.8, 4) is 17.0 Å². The van der Waals surface area contributed by atoms with E-state index < -0.39 is 0 Å². The fourth-order valence-electron chi connectivity index (χ4n) is 4.32. The molecule has 2 aliphatic heterocycles. The highest BCUT2D eigenvalue weighted by Crippen LogP contribution is 2.26. The van der Waals surface area contributed by atoms with Crippen LogP contribution in [0.3, 0.4) is 0 Å². The van der Waals surface area contributed by atoms with Crippen molar-refractivity contribution in [1.82, 2.24) is 25.1 Å². The van der Waals surface area contributed by atoms with E-state index in [-0.39, 0.29) is 5.56 Å². The third kappa shape index (κ3) is 4.03. The second kappa shape index (κ2) is 8.47. The molecular weight excluding hydrogens is 392 g/mol. The predicted octanol–water partition coefficient (Wildman–Crippen LogP) is 2.70. The number of nitrogens with one attached hydrogen (secondary N) is 2. The molecule has 8 nitrogen and oxygen atoms in total. The minimum atomic E-state index is -0.0412. The molecule has 2 aliphatic rings. The number of aromatic nitrogens is 4. The Bertz CT molecular complexity index is 1160. The molecule has 1 aromatic carbocycles. The molecule has 5 rings (SSSR count). The monoisotopic (exact) mass is 418 g/mol. The van der Waals surface area contributed by atoms with Crippen molar-refractivity contribution in [1.29, 1.82) is 0 Å². The number of fused-ring (bicyclic) bond motifs is 1. The SMILES string of the molecule is COc1ccc(-c2[nH]ncc2CN2CCc3nc(C4=NCCCC4)[nH]c(=O)c3C2)cc1. The van der Waals surface area contributed by atoms with Gasteiger partial charge in [0, 0.05) is 43.7 Å². The first-order valence-corrected chi connectivity index (χ1v) is 10.8. The first kappa shape index (κ1) is 19.7. The average molecular weight is 419 g/mol. The van der Waals surface area contributed by atoms with Crippen LogP contribution < -0.4 is 10.3 Å². The summed E-state index contributed by atoms with van der Waals surface area (Å²) in [7, 11) is 1.66. The number of aliphatic imine (C=N–C) groups is 1. The van der Waals surface area contributed by atoms with Crippen LogP contribution in [0.2, 0.25) is 0 Å². The molecule has 3 aromatic rings. The number of ether oxygens (including phenoxy) is 1. The van der Waals surface area contributed by atoms with Crippen molar-refractivity contribution in [2.45, 2.75) is 38.8 Å². The van der Waals surface area contributed by atoms with E-state index in [4.69, 9.17) is 9.72 Å². The average Bonchev–Trinajstić information content (AvgIpc) is 3.28. The zero-order valence-corrected chi connectivity index (χ0v) is 17.6. The van der Waals surface area contributed by atoms with Gasteiger partial charge in [-0.3, -0.25) is 19.8 Å². The number of rotatable bonds is 5. The Hall–Kier alpha value is -3.26. The van der Waals surface area contributed by atoms with Gasteiger partial charge in [0.1, 0.15) is 5.75 Å². The summed E-state index contributed by atoms with van der Waals surface area (Å²) in [6, 6.07) is 7.92. The highest BCUT2D eigenvalue weighted by atomic mass is 16.5. The van der Waals surface area contributed by atoms with E-state index in [1.54, 1.807) is 7.11 Å². The predicted molar refractivity (Wildman–Crippen MR) is 119 cm³/mol. The summed E-state index contributed by atoms with van der Waals surface area (Å²) in [4.78, 5) is 27.4. The summed E-state index contributed by atoms with van der Waals surface area (Å²) >= 11 is 0. The van der Waals surface area contributed by atoms with Crippen LogP contribution in [-0.4, -0.2) is 51.0 Å². The van der Waals surface area contributed by atoms with Crippen LogP contribution in [0.4, 0.5) is 0 Å². The number of hydrogen-bond acceptors (Lipinski definition) is 6. The fourth-order valence-corrected chi connectivity index (χ4v) is 4.32. The molecule has 160 valence electrons. The zero-order chi connectivity index (χ0) is 21.2. The molecule has 0 atom stereocenters. The van der Waals surface area contributed by atoms with Gasteiger partial charge in [-0.15, -0.1) is 0 Å². The first-order valence-electron chi connectivity index (χ1n) is 10.8. The van der Waals surface area contributed by atoms with Crippen molar-refractivity contribution >= 4 is 5.71 Å². The standard InChI is InChI=1S/C23H26N6O2/c1-31-17-7-5-15(6-8-17)21-16(12-25-28-21)13-29-11-9-19-18(14-29)23(30)27-22(26-19)20-4-2-3-10-24-20/h5-8,12H,2-4,9-11,13-14H2,1H3,(H,25,28)(H,26,27,30). The van der Waals surface area contributed by atoms with Gasteiger partial charge in [0.2, 0.25) is 0 Å². The lowest BCUT2D eigenvalue weighted by Gasteiger charge is -2.27. The van der Waals surface area contributed by atoms with Crippen LogP contribution in [-0.2, 0) is 19.5 Å². The molecule has 0 spiro atoms. The summed E-state index contributed by atoms with van der Waals surface area (Å²) in [5.74, 6) is 1.48. The number of hydrogen-bond donors (Lipinski definition) is 2. The lowest BCUT2D eigenvalue weighted by Crippen LogP contribution is -2.36. The van der Waals surface area contributed by atoms with E-state index >= 15 is 0 Å². The van der Waals surface area contributed by atoms with Gasteiger partial charge in [-0.25, -0.2) is 4.98 Å². The van der Waals surface area contributed by atoms with E-state index in [1.807, 2.05) is 30.5 Å². The Labute approximate surface area is 180 Å². The van der Waals surface area contributed by atoms with Gasteiger partial charge in [0.05, 0.1) is 36.0 Å². The highest BCUT2D eigenvalue weighted by Gasteiger charge is 2.23. The van der Waals surface area contributed by atoms with Crippen LogP contribution in [0, 0.1) is 0 Å². The van der Waals surface area contributed by atoms with Gasteiger partial charge in [0.15, 0.2) is 5.82 Å². The minimum Gasteiger partial charge on any atom is -0.497 e. The molecule has 4 heterocycles. The van der Waals surface area contributed by atoms with Crippen LogP contribution in [0.25, 0.3) is 11.3 Å². The molecule has 2 aromatic heterocycles. The largest absolute Gasteiger partial charge is 0.497 e. The van der Waals surface area contributed by atoms with Crippen LogP contribution >= 0.6 is 0 Å². The summed E-state index contributed by atoms with van der Waals surface area (Å²) < 4.78 is 5.25. The number of methoxy groups -OCH3 is 1. The maximum Gasteiger partial charge on any atom is 0.255 e. The van der Waals surface area contributed by atoms with Gasteiger partial charge in [-0.1, -0.05) is 0 Å². The summed E-state index contributed by atoms with van der Waals surface area (Å²) in [6.07, 6.45) is 5.73. The topological polar surface area (TPSA) is 99.3 Å². The molecule has 0 bridgehead atoms. The van der Waals surface area contributed by atoms with Crippen molar-refractivity contribution in [2.24, 2.45) is 4.99 Å². The number of aromatic amines is 2. The summed E-state index contributed by atoms with van der Waals surface area (Å²) in [6.45, 7) is 2.97. The van der Waals surface area contributed by atoms with Crippen LogP contribution in [0.5, 0.6) is 5.75 Å². The Morgan fingerprint density at radius 3 is 2.81 bits per heavy atom. The van der Waals surface area contributed by atoms with E-state index in [9.17, 15) is 4.79 Å². The van der Waals surface area contributed by atoms with Gasteiger partial charge in [-0.2, -0.15) is 5.10 Å². The van der Waals surface area contributed by atoms with Crippen LogP contribution in [0.15, 0.2) is 40.2 Å². The third-order valence-corrected chi connectivity index (χ3v) is 6.04. The quantitative estimate of drug-likeness (QED) is 0.664. The van der Waals surface area contributed by atoms with Crippen molar-refractivity contribution < 1.29 is 4.74 Å². The Morgan fingerprint density at radius 2 is 2.03 bits per heavy atom. The summed E-state index contributed by atoms with van der Waals surface area (Å²) in [5.41, 5.74) is 5.73.